The third-order valence-corrected chi connectivity index (χ3v) is 2.47. The summed E-state index contributed by atoms with van der Waals surface area (Å²) in [7, 11) is 0. The Kier molecular flexibility index (Phi) is 5.89. The summed E-state index contributed by atoms with van der Waals surface area (Å²) in [5.74, 6) is 16.9. The molecule has 3 nitrogen and oxygen atoms in total. The number of aliphatic hydroxyl groups is 3. The summed E-state index contributed by atoms with van der Waals surface area (Å²) < 4.78 is 0. The van der Waals surface area contributed by atoms with Gasteiger partial charge in [0, 0.05) is 16.7 Å². The van der Waals surface area contributed by atoms with Crippen LogP contribution in [0.15, 0.2) is 18.2 Å². The lowest BCUT2D eigenvalue weighted by molar-refractivity contribution is 0.143. The highest BCUT2D eigenvalue weighted by molar-refractivity contribution is 5.52. The van der Waals surface area contributed by atoms with Crippen molar-refractivity contribution < 1.29 is 15.3 Å². The van der Waals surface area contributed by atoms with Gasteiger partial charge in [0.1, 0.15) is 16.8 Å². The van der Waals surface area contributed by atoms with Crippen LogP contribution in [0.3, 0.4) is 0 Å². The molecule has 0 unspecified atom stereocenters. The van der Waals surface area contributed by atoms with Crippen molar-refractivity contribution in [3.05, 3.63) is 34.9 Å². The van der Waals surface area contributed by atoms with Gasteiger partial charge in [-0.05, 0) is 59.7 Å². The minimum absolute atomic E-state index is 0.653. The van der Waals surface area contributed by atoms with Crippen molar-refractivity contribution in [3.8, 4) is 35.5 Å². The molecular formula is C21H24O3. The summed E-state index contributed by atoms with van der Waals surface area (Å²) in [6.45, 7) is 9.62. The fraction of sp³-hybridized carbons (Fsp3) is 0.429. The SMILES string of the molecule is CC(C)(O)C#Cc1cc(C#CC(C)(C)O)cc(C#CC(C)(C)O)c1. The fourth-order valence-electron chi connectivity index (χ4n) is 1.52. The van der Waals surface area contributed by atoms with Crippen LogP contribution in [0.4, 0.5) is 0 Å². The molecule has 0 spiro atoms. The highest BCUT2D eigenvalue weighted by Gasteiger charge is 2.08. The lowest BCUT2D eigenvalue weighted by atomic mass is 10.0. The third-order valence-electron chi connectivity index (χ3n) is 2.47. The lowest BCUT2D eigenvalue weighted by Crippen LogP contribution is -2.15. The second-order valence-electron chi connectivity index (χ2n) is 7.23. The van der Waals surface area contributed by atoms with E-state index in [4.69, 9.17) is 0 Å². The predicted octanol–water partition coefficient (Wildman–Crippen LogP) is 2.05. The van der Waals surface area contributed by atoms with Crippen LogP contribution in [0.2, 0.25) is 0 Å². The quantitative estimate of drug-likeness (QED) is 0.640. The number of rotatable bonds is 0. The van der Waals surface area contributed by atoms with E-state index >= 15 is 0 Å². The molecular weight excluding hydrogens is 300 g/mol. The Balaban J connectivity index is 3.40. The predicted molar refractivity (Wildman–Crippen MR) is 96.0 cm³/mol. The summed E-state index contributed by atoms with van der Waals surface area (Å²) in [4.78, 5) is 0. The summed E-state index contributed by atoms with van der Waals surface area (Å²) in [6, 6.07) is 5.31. The van der Waals surface area contributed by atoms with Crippen LogP contribution >= 0.6 is 0 Å². The van der Waals surface area contributed by atoms with Gasteiger partial charge in [-0.2, -0.15) is 0 Å². The Morgan fingerprint density at radius 1 is 0.542 bits per heavy atom. The first-order chi connectivity index (χ1) is 10.7. The maximum absolute atomic E-state index is 9.74. The molecule has 1 aromatic carbocycles. The molecule has 3 heteroatoms. The average Bonchev–Trinajstić information content (AvgIpc) is 2.38. The highest BCUT2D eigenvalue weighted by atomic mass is 16.3. The van der Waals surface area contributed by atoms with Crippen LogP contribution in [0.5, 0.6) is 0 Å². The van der Waals surface area contributed by atoms with Gasteiger partial charge in [-0.25, -0.2) is 0 Å². The number of hydrogen-bond donors (Lipinski definition) is 3. The lowest BCUT2D eigenvalue weighted by Gasteiger charge is -2.08. The fourth-order valence-corrected chi connectivity index (χ4v) is 1.52. The monoisotopic (exact) mass is 324 g/mol. The van der Waals surface area contributed by atoms with Gasteiger partial charge in [0.25, 0.3) is 0 Å². The normalized spacial score (nSPS) is 11.4. The van der Waals surface area contributed by atoms with Gasteiger partial charge in [0.15, 0.2) is 0 Å². The highest BCUT2D eigenvalue weighted by Crippen LogP contribution is 2.11. The van der Waals surface area contributed by atoms with Crippen molar-refractivity contribution in [1.29, 1.82) is 0 Å². The van der Waals surface area contributed by atoms with E-state index in [1.807, 2.05) is 0 Å². The van der Waals surface area contributed by atoms with Gasteiger partial charge in [0.05, 0.1) is 0 Å². The van der Waals surface area contributed by atoms with Gasteiger partial charge in [-0.3, -0.25) is 0 Å². The van der Waals surface area contributed by atoms with Crippen LogP contribution in [0.1, 0.15) is 58.2 Å². The smallest absolute Gasteiger partial charge is 0.120 e. The second kappa shape index (κ2) is 7.12. The van der Waals surface area contributed by atoms with Gasteiger partial charge >= 0.3 is 0 Å². The maximum Gasteiger partial charge on any atom is 0.120 e. The molecule has 1 aromatic rings. The topological polar surface area (TPSA) is 60.7 Å². The van der Waals surface area contributed by atoms with Crippen molar-refractivity contribution in [2.45, 2.75) is 58.3 Å². The van der Waals surface area contributed by atoms with Crippen molar-refractivity contribution in [3.63, 3.8) is 0 Å². The van der Waals surface area contributed by atoms with Crippen LogP contribution in [-0.4, -0.2) is 32.1 Å². The van der Waals surface area contributed by atoms with E-state index in [0.29, 0.717) is 16.7 Å². The van der Waals surface area contributed by atoms with E-state index in [0.717, 1.165) is 0 Å². The molecule has 0 aliphatic carbocycles. The van der Waals surface area contributed by atoms with Gasteiger partial charge in [-0.1, -0.05) is 35.5 Å². The van der Waals surface area contributed by atoms with Gasteiger partial charge in [-0.15, -0.1) is 0 Å². The molecule has 0 amide bonds. The molecule has 24 heavy (non-hydrogen) atoms. The Bertz CT molecular complexity index is 656. The van der Waals surface area contributed by atoms with Gasteiger partial charge < -0.3 is 15.3 Å². The molecule has 0 radical (unpaired) electrons. The zero-order valence-corrected chi connectivity index (χ0v) is 15.1. The van der Waals surface area contributed by atoms with Gasteiger partial charge in [0.2, 0.25) is 0 Å². The van der Waals surface area contributed by atoms with Crippen LogP contribution in [0.25, 0.3) is 0 Å². The van der Waals surface area contributed by atoms with Crippen LogP contribution in [0, 0.1) is 35.5 Å². The Morgan fingerprint density at radius 2 is 0.750 bits per heavy atom. The van der Waals surface area contributed by atoms with E-state index in [2.05, 4.69) is 35.5 Å². The third kappa shape index (κ3) is 9.04. The van der Waals surface area contributed by atoms with Crippen LogP contribution < -0.4 is 0 Å². The molecule has 0 aliphatic rings. The maximum atomic E-state index is 9.74. The molecule has 0 saturated carbocycles. The molecule has 0 fully saturated rings. The van der Waals surface area contributed by atoms with E-state index in [1.165, 1.54) is 0 Å². The van der Waals surface area contributed by atoms with Crippen molar-refractivity contribution in [2.75, 3.05) is 0 Å². The summed E-state index contributed by atoms with van der Waals surface area (Å²) in [6.07, 6.45) is 0. The molecule has 0 atom stereocenters. The summed E-state index contributed by atoms with van der Waals surface area (Å²) >= 11 is 0. The second-order valence-corrected chi connectivity index (χ2v) is 7.23. The molecule has 0 bridgehead atoms. The standard InChI is InChI=1S/C21H24O3/c1-19(2,22)10-7-16-13-17(8-11-20(3,4)23)15-18(14-16)9-12-21(5,6)24/h13-15,22-24H,1-6H3. The minimum atomic E-state index is -1.10. The van der Waals surface area contributed by atoms with E-state index in [-0.39, 0.29) is 0 Å². The molecule has 0 saturated heterocycles. The molecule has 0 aromatic heterocycles. The van der Waals surface area contributed by atoms with Crippen molar-refractivity contribution in [2.24, 2.45) is 0 Å². The van der Waals surface area contributed by atoms with E-state index in [1.54, 1.807) is 59.7 Å². The number of hydrogen-bond acceptors (Lipinski definition) is 3. The zero-order valence-electron chi connectivity index (χ0n) is 15.1. The molecule has 0 aliphatic heterocycles. The van der Waals surface area contributed by atoms with E-state index in [9.17, 15) is 15.3 Å². The first-order valence-corrected chi connectivity index (χ1v) is 7.65. The summed E-state index contributed by atoms with van der Waals surface area (Å²) in [5.41, 5.74) is -1.35. The molecule has 1 rings (SSSR count). The molecule has 0 heterocycles. The van der Waals surface area contributed by atoms with E-state index < -0.39 is 16.8 Å². The Labute approximate surface area is 144 Å². The van der Waals surface area contributed by atoms with Crippen molar-refractivity contribution in [1.82, 2.24) is 0 Å². The largest absolute Gasteiger partial charge is 0.378 e. The first-order valence-electron chi connectivity index (χ1n) is 7.65. The van der Waals surface area contributed by atoms with Crippen LogP contribution in [-0.2, 0) is 0 Å². The molecule has 3 N–H and O–H groups in total. The zero-order chi connectivity index (χ0) is 18.6. The Morgan fingerprint density at radius 3 is 0.917 bits per heavy atom. The number of benzene rings is 1. The summed E-state index contributed by atoms with van der Waals surface area (Å²) in [5, 5.41) is 29.2. The minimum Gasteiger partial charge on any atom is -0.378 e. The Hall–Kier alpha value is -2.22. The average molecular weight is 324 g/mol. The molecule has 126 valence electrons. The van der Waals surface area contributed by atoms with Crippen molar-refractivity contribution >= 4 is 0 Å². The first kappa shape index (κ1) is 19.8.